The molecule has 2 rings (SSSR count). The number of hydrogen-bond acceptors (Lipinski definition) is 3. The van der Waals surface area contributed by atoms with Crippen LogP contribution in [0.25, 0.3) is 0 Å². The Morgan fingerprint density at radius 2 is 2.00 bits per heavy atom. The van der Waals surface area contributed by atoms with E-state index >= 15 is 0 Å². The largest absolute Gasteiger partial charge is 0.508 e. The molecule has 0 aliphatic carbocycles. The minimum atomic E-state index is -0.670. The molecule has 1 aliphatic rings. The molecular weight excluding hydrogens is 214 g/mol. The van der Waals surface area contributed by atoms with Crippen LogP contribution in [0.1, 0.15) is 25.8 Å². The fourth-order valence-electron chi connectivity index (χ4n) is 2.46. The summed E-state index contributed by atoms with van der Waals surface area (Å²) in [5.41, 5.74) is 0.463. The Hall–Kier alpha value is -1.06. The van der Waals surface area contributed by atoms with Crippen molar-refractivity contribution in [2.24, 2.45) is 5.92 Å². The first kappa shape index (κ1) is 12.4. The molecule has 1 fully saturated rings. The second-order valence-corrected chi connectivity index (χ2v) is 5.29. The van der Waals surface area contributed by atoms with Crippen molar-refractivity contribution in [3.8, 4) is 5.75 Å². The SMILES string of the molecule is CC1CCNC(Cc2ccc(O)cc2)C1(C)O. The number of phenols is 1. The standard InChI is InChI=1S/C14H21NO2/c1-10-7-8-15-13(14(10,2)17)9-11-3-5-12(16)6-4-11/h3-6,10,13,15-17H,7-9H2,1-2H3. The molecule has 1 aromatic carbocycles. The monoisotopic (exact) mass is 235 g/mol. The molecule has 1 saturated heterocycles. The molecule has 3 nitrogen and oxygen atoms in total. The van der Waals surface area contributed by atoms with Crippen LogP contribution in [0.2, 0.25) is 0 Å². The molecule has 0 bridgehead atoms. The Bertz CT molecular complexity index is 372. The highest BCUT2D eigenvalue weighted by molar-refractivity contribution is 5.27. The average Bonchev–Trinajstić information content (AvgIpc) is 2.28. The minimum Gasteiger partial charge on any atom is -0.508 e. The minimum absolute atomic E-state index is 0.0794. The van der Waals surface area contributed by atoms with Gasteiger partial charge in [0.25, 0.3) is 0 Å². The predicted molar refractivity (Wildman–Crippen MR) is 68.0 cm³/mol. The van der Waals surface area contributed by atoms with E-state index in [1.807, 2.05) is 19.1 Å². The van der Waals surface area contributed by atoms with E-state index in [0.29, 0.717) is 5.92 Å². The van der Waals surface area contributed by atoms with E-state index in [1.165, 1.54) is 0 Å². The molecule has 0 aromatic heterocycles. The molecule has 3 atom stereocenters. The summed E-state index contributed by atoms with van der Waals surface area (Å²) in [5, 5.41) is 23.1. The molecule has 0 radical (unpaired) electrons. The maximum atomic E-state index is 10.5. The molecule has 1 aliphatic heterocycles. The van der Waals surface area contributed by atoms with Crippen molar-refractivity contribution in [3.05, 3.63) is 29.8 Å². The molecule has 94 valence electrons. The van der Waals surface area contributed by atoms with E-state index in [0.717, 1.165) is 24.9 Å². The second-order valence-electron chi connectivity index (χ2n) is 5.29. The van der Waals surface area contributed by atoms with Crippen LogP contribution in [0.5, 0.6) is 5.75 Å². The van der Waals surface area contributed by atoms with Gasteiger partial charge in [0, 0.05) is 6.04 Å². The third-order valence-corrected chi connectivity index (χ3v) is 4.05. The lowest BCUT2D eigenvalue weighted by molar-refractivity contribution is -0.0489. The van der Waals surface area contributed by atoms with Gasteiger partial charge in [-0.1, -0.05) is 19.1 Å². The third-order valence-electron chi connectivity index (χ3n) is 4.05. The fourth-order valence-corrected chi connectivity index (χ4v) is 2.46. The zero-order valence-electron chi connectivity index (χ0n) is 10.5. The molecule has 0 saturated carbocycles. The number of benzene rings is 1. The maximum Gasteiger partial charge on any atom is 0.115 e. The number of nitrogens with one attached hydrogen (secondary N) is 1. The van der Waals surface area contributed by atoms with Gasteiger partial charge in [-0.15, -0.1) is 0 Å². The molecule has 0 spiro atoms. The molecule has 3 heteroatoms. The number of aromatic hydroxyl groups is 1. The highest BCUT2D eigenvalue weighted by Crippen LogP contribution is 2.29. The van der Waals surface area contributed by atoms with E-state index in [-0.39, 0.29) is 11.8 Å². The van der Waals surface area contributed by atoms with Crippen molar-refractivity contribution >= 4 is 0 Å². The van der Waals surface area contributed by atoms with Gasteiger partial charge in [0.1, 0.15) is 5.75 Å². The van der Waals surface area contributed by atoms with Crippen molar-refractivity contribution in [2.75, 3.05) is 6.54 Å². The van der Waals surface area contributed by atoms with Crippen molar-refractivity contribution in [2.45, 2.75) is 38.3 Å². The summed E-state index contributed by atoms with van der Waals surface area (Å²) in [6.45, 7) is 4.97. The van der Waals surface area contributed by atoms with Crippen molar-refractivity contribution in [3.63, 3.8) is 0 Å². The smallest absolute Gasteiger partial charge is 0.115 e. The summed E-state index contributed by atoms with van der Waals surface area (Å²) in [6, 6.07) is 7.28. The lowest BCUT2D eigenvalue weighted by Crippen LogP contribution is -2.58. The Kier molecular flexibility index (Phi) is 3.40. The van der Waals surface area contributed by atoms with Crippen molar-refractivity contribution in [1.82, 2.24) is 5.32 Å². The molecule has 1 aromatic rings. The van der Waals surface area contributed by atoms with Crippen molar-refractivity contribution in [1.29, 1.82) is 0 Å². The Morgan fingerprint density at radius 1 is 1.35 bits per heavy atom. The maximum absolute atomic E-state index is 10.5. The lowest BCUT2D eigenvalue weighted by atomic mass is 9.77. The molecule has 1 heterocycles. The van der Waals surface area contributed by atoms with E-state index in [4.69, 9.17) is 0 Å². The average molecular weight is 235 g/mol. The number of rotatable bonds is 2. The summed E-state index contributed by atoms with van der Waals surface area (Å²) in [7, 11) is 0. The van der Waals surface area contributed by atoms with Crippen LogP contribution in [0.15, 0.2) is 24.3 Å². The summed E-state index contributed by atoms with van der Waals surface area (Å²) < 4.78 is 0. The molecular formula is C14H21NO2. The molecule has 3 unspecified atom stereocenters. The number of piperidine rings is 1. The van der Waals surface area contributed by atoms with Gasteiger partial charge in [0.15, 0.2) is 0 Å². The number of phenolic OH excluding ortho intramolecular Hbond substituents is 1. The van der Waals surface area contributed by atoms with Gasteiger partial charge < -0.3 is 15.5 Å². The first-order valence-electron chi connectivity index (χ1n) is 6.24. The Labute approximate surface area is 102 Å². The van der Waals surface area contributed by atoms with Crippen LogP contribution in [-0.4, -0.2) is 28.4 Å². The van der Waals surface area contributed by atoms with Gasteiger partial charge in [0.05, 0.1) is 5.60 Å². The highest BCUT2D eigenvalue weighted by Gasteiger charge is 2.39. The summed E-state index contributed by atoms with van der Waals surface area (Å²) in [6.07, 6.45) is 1.80. The normalized spacial score (nSPS) is 33.6. The summed E-state index contributed by atoms with van der Waals surface area (Å²) >= 11 is 0. The van der Waals surface area contributed by atoms with E-state index in [2.05, 4.69) is 12.2 Å². The summed E-state index contributed by atoms with van der Waals surface area (Å²) in [5.74, 6) is 0.594. The summed E-state index contributed by atoms with van der Waals surface area (Å²) in [4.78, 5) is 0. The Balaban J connectivity index is 2.09. The van der Waals surface area contributed by atoms with Crippen LogP contribution in [0, 0.1) is 5.92 Å². The zero-order chi connectivity index (χ0) is 12.5. The quantitative estimate of drug-likeness (QED) is 0.731. The Morgan fingerprint density at radius 3 is 2.65 bits per heavy atom. The molecule has 3 N–H and O–H groups in total. The fraction of sp³-hybridized carbons (Fsp3) is 0.571. The number of hydrogen-bond donors (Lipinski definition) is 3. The topological polar surface area (TPSA) is 52.5 Å². The van der Waals surface area contributed by atoms with Crippen LogP contribution in [0.3, 0.4) is 0 Å². The van der Waals surface area contributed by atoms with Crippen LogP contribution in [0.4, 0.5) is 0 Å². The van der Waals surface area contributed by atoms with Gasteiger partial charge in [-0.3, -0.25) is 0 Å². The van der Waals surface area contributed by atoms with Gasteiger partial charge in [-0.2, -0.15) is 0 Å². The van der Waals surface area contributed by atoms with Crippen molar-refractivity contribution < 1.29 is 10.2 Å². The lowest BCUT2D eigenvalue weighted by Gasteiger charge is -2.43. The third kappa shape index (κ3) is 2.61. The van der Waals surface area contributed by atoms with Crippen LogP contribution in [-0.2, 0) is 6.42 Å². The molecule has 17 heavy (non-hydrogen) atoms. The zero-order valence-corrected chi connectivity index (χ0v) is 10.5. The van der Waals surface area contributed by atoms with Gasteiger partial charge in [-0.25, -0.2) is 0 Å². The second kappa shape index (κ2) is 4.67. The van der Waals surface area contributed by atoms with Gasteiger partial charge >= 0.3 is 0 Å². The van der Waals surface area contributed by atoms with E-state index in [1.54, 1.807) is 12.1 Å². The van der Waals surface area contributed by atoms with E-state index < -0.39 is 5.60 Å². The van der Waals surface area contributed by atoms with Crippen LogP contribution < -0.4 is 5.32 Å². The molecule has 0 amide bonds. The number of aliphatic hydroxyl groups is 1. The van der Waals surface area contributed by atoms with Gasteiger partial charge in [-0.05, 0) is 49.9 Å². The van der Waals surface area contributed by atoms with E-state index in [9.17, 15) is 10.2 Å². The predicted octanol–water partition coefficient (Wildman–Crippen LogP) is 1.68. The van der Waals surface area contributed by atoms with Crippen LogP contribution >= 0.6 is 0 Å². The highest BCUT2D eigenvalue weighted by atomic mass is 16.3. The first-order chi connectivity index (χ1) is 8.00. The first-order valence-corrected chi connectivity index (χ1v) is 6.24. The van der Waals surface area contributed by atoms with Gasteiger partial charge in [0.2, 0.25) is 0 Å².